The summed E-state index contributed by atoms with van der Waals surface area (Å²) in [4.78, 5) is 0. The molecule has 68 valence electrons. The van der Waals surface area contributed by atoms with Gasteiger partial charge in [0.25, 0.3) is 0 Å². The van der Waals surface area contributed by atoms with Crippen LogP contribution < -0.4 is 9.29 Å². The molecule has 12 heavy (non-hydrogen) atoms. The van der Waals surface area contributed by atoms with E-state index in [9.17, 15) is 0 Å². The Kier molecular flexibility index (Phi) is 3.69. The molecule has 0 aromatic carbocycles. The van der Waals surface area contributed by atoms with Gasteiger partial charge in [-0.2, -0.15) is 0 Å². The van der Waals surface area contributed by atoms with Crippen molar-refractivity contribution >= 4 is 30.6 Å². The molecule has 0 radical (unpaired) electrons. The van der Waals surface area contributed by atoms with E-state index >= 15 is 0 Å². The molecule has 0 aliphatic rings. The maximum absolute atomic E-state index is 2.31. The van der Waals surface area contributed by atoms with Gasteiger partial charge in [-0.15, -0.1) is 0 Å². The first-order chi connectivity index (χ1) is 5.61. The van der Waals surface area contributed by atoms with E-state index < -0.39 is 0 Å². The molecule has 0 saturated heterocycles. The molecular formula is C8H16N2SSe+2. The topological polar surface area (TPSA) is 8.81 Å². The van der Waals surface area contributed by atoms with Crippen LogP contribution in [0.4, 0.5) is 0 Å². The first kappa shape index (κ1) is 10.2. The number of hydrogen-bond acceptors (Lipinski definition) is 0. The van der Waals surface area contributed by atoms with Crippen LogP contribution in [0.5, 0.6) is 0 Å². The zero-order valence-electron chi connectivity index (χ0n) is 8.07. The van der Waals surface area contributed by atoms with Gasteiger partial charge in [0.05, 0.1) is 0 Å². The summed E-state index contributed by atoms with van der Waals surface area (Å²) < 4.78 is 7.29. The second-order valence-corrected chi connectivity index (χ2v) is 8.11. The molecule has 1 aromatic rings. The summed E-state index contributed by atoms with van der Waals surface area (Å²) >= 11 is 0.639. The van der Waals surface area contributed by atoms with Crippen LogP contribution in [0.3, 0.4) is 0 Å². The van der Waals surface area contributed by atoms with Gasteiger partial charge < -0.3 is 0 Å². The third-order valence-electron chi connectivity index (χ3n) is 1.54. The van der Waals surface area contributed by atoms with E-state index in [4.69, 9.17) is 0 Å². The molecule has 0 N–H and O–H groups in total. The Labute approximate surface area is 83.5 Å². The number of imidazole rings is 1. The zero-order valence-corrected chi connectivity index (χ0v) is 10.6. The fourth-order valence-corrected chi connectivity index (χ4v) is 4.55. The van der Waals surface area contributed by atoms with Crippen molar-refractivity contribution in [3.05, 3.63) is 12.4 Å². The Morgan fingerprint density at radius 3 is 2.67 bits per heavy atom. The van der Waals surface area contributed by atoms with E-state index in [2.05, 4.69) is 48.1 Å². The van der Waals surface area contributed by atoms with Gasteiger partial charge in [0.15, 0.2) is 0 Å². The number of nitrogens with zero attached hydrogens (tertiary/aromatic N) is 2. The van der Waals surface area contributed by atoms with Gasteiger partial charge in [0.2, 0.25) is 0 Å². The Hall–Kier alpha value is 0.0795. The first-order valence-electron chi connectivity index (χ1n) is 3.79. The van der Waals surface area contributed by atoms with E-state index in [1.807, 2.05) is 0 Å². The molecule has 0 unspecified atom stereocenters. The SMILES string of the molecule is Cn1cc[n+](C)c1[Se]C[S+](C)C. The molecular weight excluding hydrogens is 235 g/mol. The van der Waals surface area contributed by atoms with Crippen molar-refractivity contribution in [2.24, 2.45) is 14.1 Å². The minimum atomic E-state index is 0.584. The zero-order chi connectivity index (χ0) is 9.14. The van der Waals surface area contributed by atoms with Gasteiger partial charge in [-0.3, -0.25) is 0 Å². The molecule has 0 bridgehead atoms. The van der Waals surface area contributed by atoms with Crippen LogP contribution in [0, 0.1) is 0 Å². The molecule has 0 fully saturated rings. The standard InChI is InChI=1S/C8H16N2SSe/c1-9-5-6-10(2)8(9)12-7-11(3)4/h5-6H,7H2,1-4H3/q+2. The predicted molar refractivity (Wildman–Crippen MR) is 56.1 cm³/mol. The first-order valence-corrected chi connectivity index (χ1v) is 8.07. The van der Waals surface area contributed by atoms with E-state index in [1.165, 1.54) is 9.37 Å². The molecule has 4 heteroatoms. The summed E-state index contributed by atoms with van der Waals surface area (Å²) in [5.41, 5.74) is 0. The summed E-state index contributed by atoms with van der Waals surface area (Å²) in [6.45, 7) is 0. The summed E-state index contributed by atoms with van der Waals surface area (Å²) in [5.74, 6) is 0. The summed E-state index contributed by atoms with van der Waals surface area (Å²) in [6, 6.07) is 0. The van der Waals surface area contributed by atoms with Gasteiger partial charge in [-0.1, -0.05) is 0 Å². The van der Waals surface area contributed by atoms with Crippen molar-refractivity contribution < 1.29 is 4.57 Å². The van der Waals surface area contributed by atoms with Crippen LogP contribution in [0.1, 0.15) is 0 Å². The number of aromatic nitrogens is 2. The summed E-state index contributed by atoms with van der Waals surface area (Å²) in [6.07, 6.45) is 8.87. The molecule has 1 heterocycles. The van der Waals surface area contributed by atoms with Crippen LogP contribution in [0.25, 0.3) is 0 Å². The Morgan fingerprint density at radius 1 is 1.58 bits per heavy atom. The molecule has 1 rings (SSSR count). The summed E-state index contributed by atoms with van der Waals surface area (Å²) in [7, 11) is 4.84. The van der Waals surface area contributed by atoms with Gasteiger partial charge in [-0.05, 0) is 0 Å². The second-order valence-electron chi connectivity index (χ2n) is 3.05. The van der Waals surface area contributed by atoms with Gasteiger partial charge in [0.1, 0.15) is 0 Å². The Morgan fingerprint density at radius 2 is 2.25 bits per heavy atom. The van der Waals surface area contributed by atoms with E-state index in [0.29, 0.717) is 25.9 Å². The molecule has 0 spiro atoms. The van der Waals surface area contributed by atoms with Crippen molar-refractivity contribution in [1.82, 2.24) is 4.57 Å². The molecule has 2 nitrogen and oxygen atoms in total. The molecule has 0 aliphatic heterocycles. The maximum atomic E-state index is 2.31. The van der Waals surface area contributed by atoms with Crippen LogP contribution in [0.15, 0.2) is 12.4 Å². The van der Waals surface area contributed by atoms with Crippen molar-refractivity contribution in [1.29, 1.82) is 0 Å². The minimum absolute atomic E-state index is 0.584. The van der Waals surface area contributed by atoms with E-state index in [1.54, 1.807) is 0 Å². The normalized spacial score (nSPS) is 11.1. The monoisotopic (exact) mass is 252 g/mol. The van der Waals surface area contributed by atoms with Crippen molar-refractivity contribution in [2.75, 3.05) is 17.2 Å². The van der Waals surface area contributed by atoms with E-state index in [0.717, 1.165) is 0 Å². The third-order valence-corrected chi connectivity index (χ3v) is 7.59. The van der Waals surface area contributed by atoms with Crippen molar-refractivity contribution in [2.45, 2.75) is 0 Å². The Balaban J connectivity index is 2.62. The molecule has 0 aliphatic carbocycles. The predicted octanol–water partition coefficient (Wildman–Crippen LogP) is -0.985. The average Bonchev–Trinajstić information content (AvgIpc) is 2.28. The number of aryl methyl sites for hydroxylation is 2. The van der Waals surface area contributed by atoms with Crippen LogP contribution in [0.2, 0.25) is 0 Å². The molecule has 1 aromatic heterocycles. The fraction of sp³-hybridized carbons (Fsp3) is 0.625. The molecule has 0 atom stereocenters. The van der Waals surface area contributed by atoms with Gasteiger partial charge in [-0.25, -0.2) is 0 Å². The molecule has 0 saturated carbocycles. The van der Waals surface area contributed by atoms with Crippen LogP contribution >= 0.6 is 0 Å². The van der Waals surface area contributed by atoms with Gasteiger partial charge >= 0.3 is 83.4 Å². The quantitative estimate of drug-likeness (QED) is 0.371. The van der Waals surface area contributed by atoms with Gasteiger partial charge in [0, 0.05) is 0 Å². The van der Waals surface area contributed by atoms with Crippen LogP contribution in [-0.4, -0.2) is 36.7 Å². The molecule has 0 amide bonds. The Bertz CT molecular complexity index is 238. The van der Waals surface area contributed by atoms with Crippen molar-refractivity contribution in [3.8, 4) is 0 Å². The van der Waals surface area contributed by atoms with Crippen molar-refractivity contribution in [3.63, 3.8) is 0 Å². The second kappa shape index (κ2) is 4.35. The number of hydrogen-bond donors (Lipinski definition) is 0. The van der Waals surface area contributed by atoms with E-state index in [-0.39, 0.29) is 0 Å². The average molecular weight is 251 g/mol. The number of rotatable bonds is 3. The van der Waals surface area contributed by atoms with Crippen LogP contribution in [-0.2, 0) is 25.0 Å². The summed E-state index contributed by atoms with van der Waals surface area (Å²) in [5, 5.41) is 0. The fourth-order valence-electron chi connectivity index (χ4n) is 0.951. The third kappa shape index (κ3) is 2.54.